The third-order valence-corrected chi connectivity index (χ3v) is 4.37. The van der Waals surface area contributed by atoms with E-state index < -0.39 is 0 Å². The smallest absolute Gasteiger partial charge is 0.0498 e. The minimum atomic E-state index is 1.04. The van der Waals surface area contributed by atoms with Gasteiger partial charge in [-0.2, -0.15) is 0 Å². The zero-order chi connectivity index (χ0) is 12.3. The maximum Gasteiger partial charge on any atom is 0.0498 e. The molecule has 1 heterocycles. The molecule has 0 fully saturated rings. The van der Waals surface area contributed by atoms with Crippen LogP contribution in [-0.2, 0) is 13.5 Å². The zero-order valence-electron chi connectivity index (χ0n) is 10.1. The van der Waals surface area contributed by atoms with Crippen LogP contribution in [0.1, 0.15) is 11.1 Å². The highest BCUT2D eigenvalue weighted by Gasteiger charge is 2.21. The lowest BCUT2D eigenvalue weighted by molar-refractivity contribution is 0.854. The lowest BCUT2D eigenvalue weighted by Crippen LogP contribution is -2.24. The summed E-state index contributed by atoms with van der Waals surface area (Å²) >= 11 is 3.55. The molecule has 0 N–H and O–H groups in total. The SMILES string of the molecule is Cn1c2c(c3c1=Cc1cc(Br)ccc1-3)CC=CC=2. The van der Waals surface area contributed by atoms with E-state index in [0.29, 0.717) is 0 Å². The van der Waals surface area contributed by atoms with Crippen molar-refractivity contribution in [1.29, 1.82) is 0 Å². The van der Waals surface area contributed by atoms with Crippen molar-refractivity contribution in [1.82, 2.24) is 4.57 Å². The number of hydrogen-bond acceptors (Lipinski definition) is 0. The lowest BCUT2D eigenvalue weighted by Gasteiger charge is -2.05. The fourth-order valence-electron chi connectivity index (χ4n) is 3.04. The Hall–Kier alpha value is -1.54. The molecule has 0 aliphatic heterocycles. The van der Waals surface area contributed by atoms with Crippen LogP contribution in [0.2, 0.25) is 0 Å². The molecule has 0 saturated heterocycles. The average molecular weight is 298 g/mol. The Balaban J connectivity index is 2.15. The van der Waals surface area contributed by atoms with Crippen LogP contribution in [0.3, 0.4) is 0 Å². The second-order valence-electron chi connectivity index (χ2n) is 4.86. The normalized spacial score (nSPS) is 14.6. The van der Waals surface area contributed by atoms with Crippen molar-refractivity contribution in [3.8, 4) is 11.1 Å². The predicted molar refractivity (Wildman–Crippen MR) is 78.7 cm³/mol. The Morgan fingerprint density at radius 1 is 1.22 bits per heavy atom. The van der Waals surface area contributed by atoms with E-state index in [1.54, 1.807) is 0 Å². The van der Waals surface area contributed by atoms with E-state index in [2.05, 4.69) is 70.0 Å². The standard InChI is InChI=1S/C16H12BrN/c1-18-14-5-3-2-4-13(14)16-12-7-6-11(17)8-10(12)9-15(16)18/h2-3,5-9H,4H2,1H3. The van der Waals surface area contributed by atoms with Gasteiger partial charge in [-0.1, -0.05) is 34.1 Å². The number of halogens is 1. The topological polar surface area (TPSA) is 4.93 Å². The third-order valence-electron chi connectivity index (χ3n) is 3.88. The molecule has 0 spiro atoms. The van der Waals surface area contributed by atoms with Gasteiger partial charge < -0.3 is 4.57 Å². The first-order valence-corrected chi connectivity index (χ1v) is 6.91. The molecule has 0 amide bonds. The molecule has 1 nitrogen and oxygen atoms in total. The van der Waals surface area contributed by atoms with E-state index in [4.69, 9.17) is 0 Å². The quantitative estimate of drug-likeness (QED) is 0.601. The molecule has 2 aliphatic carbocycles. The van der Waals surface area contributed by atoms with Crippen molar-refractivity contribution in [2.75, 3.05) is 0 Å². The molecule has 0 saturated carbocycles. The fourth-order valence-corrected chi connectivity index (χ4v) is 3.42. The van der Waals surface area contributed by atoms with Gasteiger partial charge >= 0.3 is 0 Å². The highest BCUT2D eigenvalue weighted by molar-refractivity contribution is 9.10. The number of allylic oxidation sites excluding steroid dienone is 2. The molecule has 0 unspecified atom stereocenters. The van der Waals surface area contributed by atoms with Crippen LogP contribution < -0.4 is 10.7 Å². The summed E-state index contributed by atoms with van der Waals surface area (Å²) in [6.45, 7) is 0. The van der Waals surface area contributed by atoms with E-state index in [1.807, 2.05) is 0 Å². The molecule has 0 atom stereocenters. The largest absolute Gasteiger partial charge is 0.344 e. The van der Waals surface area contributed by atoms with E-state index in [9.17, 15) is 0 Å². The van der Waals surface area contributed by atoms with Crippen molar-refractivity contribution in [3.05, 3.63) is 56.6 Å². The van der Waals surface area contributed by atoms with E-state index >= 15 is 0 Å². The minimum absolute atomic E-state index is 1.04. The monoisotopic (exact) mass is 297 g/mol. The van der Waals surface area contributed by atoms with Gasteiger partial charge in [0.2, 0.25) is 0 Å². The fraction of sp³-hybridized carbons (Fsp3) is 0.125. The Kier molecular flexibility index (Phi) is 2.01. The summed E-state index contributed by atoms with van der Waals surface area (Å²) in [6, 6.07) is 6.55. The number of benzene rings is 1. The van der Waals surface area contributed by atoms with Gasteiger partial charge in [-0.15, -0.1) is 0 Å². The molecule has 0 bridgehead atoms. The van der Waals surface area contributed by atoms with Gasteiger partial charge in [0.25, 0.3) is 0 Å². The first-order chi connectivity index (χ1) is 8.75. The van der Waals surface area contributed by atoms with Gasteiger partial charge in [-0.05, 0) is 47.4 Å². The molecule has 0 radical (unpaired) electrons. The molecule has 2 heteroatoms. The number of rotatable bonds is 0. The van der Waals surface area contributed by atoms with Crippen molar-refractivity contribution in [3.63, 3.8) is 0 Å². The van der Waals surface area contributed by atoms with Crippen LogP contribution in [0, 0.1) is 0 Å². The Morgan fingerprint density at radius 2 is 2.11 bits per heavy atom. The molecule has 88 valence electrons. The van der Waals surface area contributed by atoms with Gasteiger partial charge in [0.1, 0.15) is 0 Å². The highest BCUT2D eigenvalue weighted by Crippen LogP contribution is 2.31. The highest BCUT2D eigenvalue weighted by atomic mass is 79.9. The number of aromatic nitrogens is 1. The summed E-state index contributed by atoms with van der Waals surface area (Å²) in [6.07, 6.45) is 9.93. The zero-order valence-corrected chi connectivity index (χ0v) is 11.7. The summed E-state index contributed by atoms with van der Waals surface area (Å²) in [7, 11) is 2.16. The molecular weight excluding hydrogens is 286 g/mol. The minimum Gasteiger partial charge on any atom is -0.344 e. The Bertz CT molecular complexity index is 822. The van der Waals surface area contributed by atoms with Crippen molar-refractivity contribution >= 4 is 28.1 Å². The van der Waals surface area contributed by atoms with E-state index in [1.165, 1.54) is 33.0 Å². The first kappa shape index (κ1) is 10.4. The Morgan fingerprint density at radius 3 is 3.00 bits per heavy atom. The van der Waals surface area contributed by atoms with E-state index in [0.717, 1.165) is 10.9 Å². The van der Waals surface area contributed by atoms with Gasteiger partial charge in [-0.25, -0.2) is 0 Å². The summed E-state index contributed by atoms with van der Waals surface area (Å²) in [4.78, 5) is 0. The molecular formula is C16H12BrN. The second kappa shape index (κ2) is 3.48. The molecule has 1 aromatic heterocycles. The molecule has 2 aliphatic rings. The number of fused-ring (bicyclic) bond motifs is 5. The molecule has 1 aromatic carbocycles. The summed E-state index contributed by atoms with van der Waals surface area (Å²) < 4.78 is 3.45. The lowest BCUT2D eigenvalue weighted by atomic mass is 9.99. The number of nitrogens with zero attached hydrogens (tertiary/aromatic N) is 1. The summed E-state index contributed by atoms with van der Waals surface area (Å²) in [5.74, 6) is 0. The van der Waals surface area contributed by atoms with Gasteiger partial charge in [0, 0.05) is 27.8 Å². The van der Waals surface area contributed by atoms with Crippen molar-refractivity contribution in [2.24, 2.45) is 7.05 Å². The Labute approximate surface area is 114 Å². The first-order valence-electron chi connectivity index (χ1n) is 6.12. The third kappa shape index (κ3) is 1.21. The van der Waals surface area contributed by atoms with Crippen LogP contribution >= 0.6 is 15.9 Å². The van der Waals surface area contributed by atoms with Crippen LogP contribution in [0.4, 0.5) is 0 Å². The van der Waals surface area contributed by atoms with Gasteiger partial charge in [0.15, 0.2) is 0 Å². The van der Waals surface area contributed by atoms with Gasteiger partial charge in [-0.3, -0.25) is 0 Å². The maximum absolute atomic E-state index is 3.55. The van der Waals surface area contributed by atoms with Gasteiger partial charge in [0.05, 0.1) is 0 Å². The van der Waals surface area contributed by atoms with Crippen molar-refractivity contribution in [2.45, 2.75) is 6.42 Å². The van der Waals surface area contributed by atoms with E-state index in [-0.39, 0.29) is 0 Å². The summed E-state index contributed by atoms with van der Waals surface area (Å²) in [5, 5.41) is 2.69. The molecule has 4 rings (SSSR count). The number of hydrogen-bond donors (Lipinski definition) is 0. The maximum atomic E-state index is 3.55. The second-order valence-corrected chi connectivity index (χ2v) is 5.77. The predicted octanol–water partition coefficient (Wildman–Crippen LogP) is 2.49. The van der Waals surface area contributed by atoms with Crippen LogP contribution in [0.25, 0.3) is 23.3 Å². The molecule has 2 aromatic rings. The van der Waals surface area contributed by atoms with Crippen LogP contribution in [0.5, 0.6) is 0 Å². The summed E-state index contributed by atoms with van der Waals surface area (Å²) in [5.41, 5.74) is 5.58. The van der Waals surface area contributed by atoms with Crippen LogP contribution in [0.15, 0.2) is 34.8 Å². The van der Waals surface area contributed by atoms with Crippen molar-refractivity contribution < 1.29 is 0 Å². The average Bonchev–Trinajstić information content (AvgIpc) is 2.87. The molecule has 18 heavy (non-hydrogen) atoms. The van der Waals surface area contributed by atoms with Crippen LogP contribution in [-0.4, -0.2) is 4.57 Å².